The van der Waals surface area contributed by atoms with Gasteiger partial charge in [-0.1, -0.05) is 24.6 Å². The van der Waals surface area contributed by atoms with E-state index in [0.717, 1.165) is 19.4 Å². The SMILES string of the molecule is CN(CC1CCCN2CCCCC12)C(=O)CCCc1cn(C)c2ccccc12. The van der Waals surface area contributed by atoms with Gasteiger partial charge in [-0.25, -0.2) is 0 Å². The van der Waals surface area contributed by atoms with Crippen LogP contribution in [0.25, 0.3) is 10.9 Å². The van der Waals surface area contributed by atoms with Gasteiger partial charge in [-0.05, 0) is 69.2 Å². The van der Waals surface area contributed by atoms with E-state index >= 15 is 0 Å². The molecule has 0 saturated carbocycles. The van der Waals surface area contributed by atoms with Gasteiger partial charge in [-0.15, -0.1) is 0 Å². The summed E-state index contributed by atoms with van der Waals surface area (Å²) >= 11 is 0. The van der Waals surface area contributed by atoms with Crippen molar-refractivity contribution >= 4 is 16.8 Å². The van der Waals surface area contributed by atoms with Gasteiger partial charge in [0.05, 0.1) is 0 Å². The molecule has 1 aromatic heterocycles. The zero-order chi connectivity index (χ0) is 19.5. The van der Waals surface area contributed by atoms with E-state index < -0.39 is 0 Å². The highest BCUT2D eigenvalue weighted by Gasteiger charge is 2.33. The fraction of sp³-hybridized carbons (Fsp3) is 0.625. The highest BCUT2D eigenvalue weighted by atomic mass is 16.2. The van der Waals surface area contributed by atoms with Gasteiger partial charge in [-0.3, -0.25) is 4.79 Å². The number of hydrogen-bond donors (Lipinski definition) is 0. The maximum Gasteiger partial charge on any atom is 0.222 e. The Morgan fingerprint density at radius 1 is 1.14 bits per heavy atom. The number of aryl methyl sites for hydroxylation is 2. The van der Waals surface area contributed by atoms with Gasteiger partial charge >= 0.3 is 0 Å². The fourth-order valence-electron chi connectivity index (χ4n) is 5.49. The molecule has 28 heavy (non-hydrogen) atoms. The first-order valence-corrected chi connectivity index (χ1v) is 11.1. The normalized spacial score (nSPS) is 22.9. The van der Waals surface area contributed by atoms with Crippen molar-refractivity contribution in [2.24, 2.45) is 13.0 Å². The quantitative estimate of drug-likeness (QED) is 0.749. The lowest BCUT2D eigenvalue weighted by Gasteiger charge is -2.45. The van der Waals surface area contributed by atoms with E-state index in [1.54, 1.807) is 0 Å². The van der Waals surface area contributed by atoms with E-state index in [9.17, 15) is 4.79 Å². The number of fused-ring (bicyclic) bond motifs is 2. The number of benzene rings is 1. The third-order valence-corrected chi connectivity index (χ3v) is 6.98. The molecule has 0 radical (unpaired) electrons. The number of aromatic nitrogens is 1. The number of rotatable bonds is 6. The molecule has 2 fully saturated rings. The van der Waals surface area contributed by atoms with Crippen LogP contribution in [0.2, 0.25) is 0 Å². The van der Waals surface area contributed by atoms with Gasteiger partial charge < -0.3 is 14.4 Å². The van der Waals surface area contributed by atoms with Gasteiger partial charge in [0, 0.05) is 50.2 Å². The molecule has 3 heterocycles. The average Bonchev–Trinajstić information content (AvgIpc) is 3.04. The second kappa shape index (κ2) is 8.69. The first-order chi connectivity index (χ1) is 13.6. The fourth-order valence-corrected chi connectivity index (χ4v) is 5.49. The number of para-hydroxylation sites is 1. The first kappa shape index (κ1) is 19.5. The topological polar surface area (TPSA) is 28.5 Å². The van der Waals surface area contributed by atoms with Crippen LogP contribution in [-0.4, -0.2) is 53.0 Å². The predicted molar refractivity (Wildman–Crippen MR) is 115 cm³/mol. The molecule has 2 aliphatic heterocycles. The Labute approximate surface area is 169 Å². The second-order valence-corrected chi connectivity index (χ2v) is 8.91. The standard InChI is InChI=1S/C24H35N3O/c1-25-17-19(21-11-3-4-13-23(21)25)9-7-14-24(28)26(2)18-20-10-8-16-27-15-6-5-12-22(20)27/h3-4,11,13,17,20,22H,5-10,12,14-16,18H2,1-2H3. The zero-order valence-electron chi connectivity index (χ0n) is 17.6. The van der Waals surface area contributed by atoms with Crippen LogP contribution in [0.5, 0.6) is 0 Å². The van der Waals surface area contributed by atoms with Crippen LogP contribution in [0.4, 0.5) is 0 Å². The smallest absolute Gasteiger partial charge is 0.222 e. The van der Waals surface area contributed by atoms with Crippen molar-refractivity contribution in [2.45, 2.75) is 57.4 Å². The predicted octanol–water partition coefficient (Wildman–Crippen LogP) is 4.22. The number of carbonyl (C=O) groups excluding carboxylic acids is 1. The van der Waals surface area contributed by atoms with Crippen molar-refractivity contribution in [3.8, 4) is 0 Å². The average molecular weight is 382 g/mol. The molecule has 2 unspecified atom stereocenters. The van der Waals surface area contributed by atoms with Crippen molar-refractivity contribution in [1.29, 1.82) is 0 Å². The van der Waals surface area contributed by atoms with E-state index in [4.69, 9.17) is 0 Å². The number of piperidine rings is 2. The Kier molecular flexibility index (Phi) is 6.05. The highest BCUT2D eigenvalue weighted by molar-refractivity contribution is 5.84. The van der Waals surface area contributed by atoms with E-state index in [-0.39, 0.29) is 0 Å². The summed E-state index contributed by atoms with van der Waals surface area (Å²) in [5.74, 6) is 0.981. The van der Waals surface area contributed by atoms with E-state index in [0.29, 0.717) is 24.3 Å². The summed E-state index contributed by atoms with van der Waals surface area (Å²) in [5, 5.41) is 1.32. The Hall–Kier alpha value is -1.81. The summed E-state index contributed by atoms with van der Waals surface area (Å²) in [6.45, 7) is 3.47. The third-order valence-electron chi connectivity index (χ3n) is 6.98. The molecule has 4 rings (SSSR count). The monoisotopic (exact) mass is 381 g/mol. The minimum atomic E-state index is 0.313. The summed E-state index contributed by atoms with van der Waals surface area (Å²) in [7, 11) is 4.12. The van der Waals surface area contributed by atoms with Crippen molar-refractivity contribution in [2.75, 3.05) is 26.7 Å². The lowest BCUT2D eigenvalue weighted by molar-refractivity contribution is -0.131. The van der Waals surface area contributed by atoms with Crippen molar-refractivity contribution < 1.29 is 4.79 Å². The Bertz CT molecular complexity index is 809. The van der Waals surface area contributed by atoms with Crippen molar-refractivity contribution in [1.82, 2.24) is 14.4 Å². The lowest BCUT2D eigenvalue weighted by Crippen LogP contribution is -2.51. The van der Waals surface area contributed by atoms with Gasteiger partial charge in [-0.2, -0.15) is 0 Å². The van der Waals surface area contributed by atoms with E-state index in [2.05, 4.69) is 47.0 Å². The summed E-state index contributed by atoms with van der Waals surface area (Å²) in [6.07, 6.45) is 11.4. The van der Waals surface area contributed by atoms with Crippen LogP contribution in [0.15, 0.2) is 30.5 Å². The molecule has 0 N–H and O–H groups in total. The van der Waals surface area contributed by atoms with Crippen LogP contribution in [0.3, 0.4) is 0 Å². The van der Waals surface area contributed by atoms with Crippen LogP contribution in [0.1, 0.15) is 50.5 Å². The maximum absolute atomic E-state index is 12.7. The maximum atomic E-state index is 12.7. The van der Waals surface area contributed by atoms with Crippen molar-refractivity contribution in [3.05, 3.63) is 36.0 Å². The molecular weight excluding hydrogens is 346 g/mol. The number of amides is 1. The molecule has 4 nitrogen and oxygen atoms in total. The molecule has 2 atom stereocenters. The van der Waals surface area contributed by atoms with Crippen LogP contribution in [-0.2, 0) is 18.3 Å². The molecule has 0 aliphatic carbocycles. The molecule has 1 aromatic carbocycles. The van der Waals surface area contributed by atoms with Crippen LogP contribution >= 0.6 is 0 Å². The Balaban J connectivity index is 1.28. The molecular formula is C24H35N3O. The van der Waals surface area contributed by atoms with Gasteiger partial charge in [0.15, 0.2) is 0 Å². The van der Waals surface area contributed by atoms with E-state index in [1.807, 2.05) is 11.9 Å². The summed E-state index contributed by atoms with van der Waals surface area (Å²) in [5.41, 5.74) is 2.63. The van der Waals surface area contributed by atoms with Gasteiger partial charge in [0.1, 0.15) is 0 Å². The minimum absolute atomic E-state index is 0.313. The number of carbonyl (C=O) groups is 1. The molecule has 2 aliphatic rings. The Morgan fingerprint density at radius 2 is 1.96 bits per heavy atom. The van der Waals surface area contributed by atoms with Gasteiger partial charge in [0.2, 0.25) is 5.91 Å². The summed E-state index contributed by atoms with van der Waals surface area (Å²) in [6, 6.07) is 9.26. The number of nitrogens with zero attached hydrogens (tertiary/aromatic N) is 3. The lowest BCUT2D eigenvalue weighted by atomic mass is 9.83. The second-order valence-electron chi connectivity index (χ2n) is 8.91. The van der Waals surface area contributed by atoms with Crippen molar-refractivity contribution in [3.63, 3.8) is 0 Å². The zero-order valence-corrected chi connectivity index (χ0v) is 17.6. The molecule has 4 heteroatoms. The molecule has 2 aromatic rings. The Morgan fingerprint density at radius 3 is 2.86 bits per heavy atom. The molecule has 152 valence electrons. The minimum Gasteiger partial charge on any atom is -0.350 e. The summed E-state index contributed by atoms with van der Waals surface area (Å²) < 4.78 is 2.19. The van der Waals surface area contributed by atoms with Crippen LogP contribution < -0.4 is 0 Å². The third kappa shape index (κ3) is 4.12. The number of hydrogen-bond acceptors (Lipinski definition) is 2. The summed E-state index contributed by atoms with van der Waals surface area (Å²) in [4.78, 5) is 17.5. The largest absolute Gasteiger partial charge is 0.350 e. The first-order valence-electron chi connectivity index (χ1n) is 11.1. The van der Waals surface area contributed by atoms with Gasteiger partial charge in [0.25, 0.3) is 0 Å². The highest BCUT2D eigenvalue weighted by Crippen LogP contribution is 2.31. The van der Waals surface area contributed by atoms with E-state index in [1.165, 1.54) is 61.7 Å². The van der Waals surface area contributed by atoms with Crippen LogP contribution in [0, 0.1) is 5.92 Å². The molecule has 2 saturated heterocycles. The molecule has 1 amide bonds. The molecule has 0 bridgehead atoms. The molecule has 0 spiro atoms.